The molecule has 1 saturated heterocycles. The van der Waals surface area contributed by atoms with Crippen molar-refractivity contribution in [1.82, 2.24) is 0 Å². The lowest BCUT2D eigenvalue weighted by Gasteiger charge is -2.28. The van der Waals surface area contributed by atoms with Gasteiger partial charge in [-0.1, -0.05) is 17.9 Å². The van der Waals surface area contributed by atoms with Crippen molar-refractivity contribution in [3.05, 3.63) is 29.8 Å². The van der Waals surface area contributed by atoms with E-state index in [-0.39, 0.29) is 6.42 Å². The van der Waals surface area contributed by atoms with E-state index in [1.54, 1.807) is 0 Å². The number of ether oxygens (including phenoxy) is 1. The van der Waals surface area contributed by atoms with Crippen LogP contribution in [0.25, 0.3) is 0 Å². The highest BCUT2D eigenvalue weighted by Crippen LogP contribution is 2.16. The van der Waals surface area contributed by atoms with Crippen LogP contribution in [0.4, 0.5) is 5.69 Å². The Morgan fingerprint density at radius 1 is 1.29 bits per heavy atom. The molecular weight excluding hydrogens is 212 g/mol. The van der Waals surface area contributed by atoms with E-state index in [2.05, 4.69) is 28.9 Å². The average molecular weight is 226 g/mol. The topological polar surface area (TPSA) is 36.3 Å². The SMILES string of the molecule is N#CCC#Cc1cccc(N2CCOCC2)c1. The van der Waals surface area contributed by atoms with Gasteiger partial charge < -0.3 is 9.64 Å². The highest BCUT2D eigenvalue weighted by molar-refractivity contribution is 5.52. The van der Waals surface area contributed by atoms with E-state index in [1.807, 2.05) is 18.2 Å². The standard InChI is InChI=1S/C14H14N2O/c15-7-2-1-4-13-5-3-6-14(12-13)16-8-10-17-11-9-16/h3,5-6,12H,2,8-11H2. The fourth-order valence-corrected chi connectivity index (χ4v) is 1.79. The van der Waals surface area contributed by atoms with Crippen LogP contribution in [0.5, 0.6) is 0 Å². The molecule has 1 heterocycles. The van der Waals surface area contributed by atoms with Crippen molar-refractivity contribution in [2.24, 2.45) is 0 Å². The predicted molar refractivity (Wildman–Crippen MR) is 66.6 cm³/mol. The second-order valence-electron chi connectivity index (χ2n) is 3.79. The van der Waals surface area contributed by atoms with Gasteiger partial charge in [-0.3, -0.25) is 0 Å². The van der Waals surface area contributed by atoms with Crippen LogP contribution in [0, 0.1) is 23.2 Å². The molecule has 2 rings (SSSR count). The lowest BCUT2D eigenvalue weighted by Crippen LogP contribution is -2.36. The highest BCUT2D eigenvalue weighted by Gasteiger charge is 2.10. The summed E-state index contributed by atoms with van der Waals surface area (Å²) in [6, 6.07) is 10.1. The summed E-state index contributed by atoms with van der Waals surface area (Å²) in [5.74, 6) is 5.82. The largest absolute Gasteiger partial charge is 0.378 e. The second kappa shape index (κ2) is 5.94. The number of nitriles is 1. The van der Waals surface area contributed by atoms with Gasteiger partial charge in [0, 0.05) is 24.3 Å². The Labute approximate surface area is 102 Å². The number of hydrogen-bond acceptors (Lipinski definition) is 3. The van der Waals surface area contributed by atoms with Gasteiger partial charge in [-0.05, 0) is 18.2 Å². The summed E-state index contributed by atoms with van der Waals surface area (Å²) >= 11 is 0. The van der Waals surface area contributed by atoms with Gasteiger partial charge in [-0.25, -0.2) is 0 Å². The Hall–Kier alpha value is -1.97. The minimum Gasteiger partial charge on any atom is -0.378 e. The number of morpholine rings is 1. The molecule has 0 saturated carbocycles. The van der Waals surface area contributed by atoms with Gasteiger partial charge >= 0.3 is 0 Å². The van der Waals surface area contributed by atoms with Gasteiger partial charge in [0.25, 0.3) is 0 Å². The molecule has 1 aromatic rings. The molecule has 0 amide bonds. The summed E-state index contributed by atoms with van der Waals surface area (Å²) in [6.45, 7) is 3.42. The molecule has 0 bridgehead atoms. The Morgan fingerprint density at radius 3 is 2.88 bits per heavy atom. The zero-order valence-electron chi connectivity index (χ0n) is 9.65. The molecule has 3 nitrogen and oxygen atoms in total. The maximum absolute atomic E-state index is 8.43. The molecule has 17 heavy (non-hydrogen) atoms. The molecule has 0 aliphatic carbocycles. The van der Waals surface area contributed by atoms with Crippen LogP contribution in [0.15, 0.2) is 24.3 Å². The Bertz CT molecular complexity index is 473. The lowest BCUT2D eigenvalue weighted by atomic mass is 10.2. The molecule has 1 aromatic carbocycles. The van der Waals surface area contributed by atoms with E-state index in [4.69, 9.17) is 10.00 Å². The van der Waals surface area contributed by atoms with Crippen molar-refractivity contribution < 1.29 is 4.74 Å². The van der Waals surface area contributed by atoms with E-state index in [9.17, 15) is 0 Å². The van der Waals surface area contributed by atoms with Crippen molar-refractivity contribution >= 4 is 5.69 Å². The summed E-state index contributed by atoms with van der Waals surface area (Å²) in [4.78, 5) is 2.29. The summed E-state index contributed by atoms with van der Waals surface area (Å²) in [6.07, 6.45) is 0.280. The maximum Gasteiger partial charge on any atom is 0.0966 e. The third kappa shape index (κ3) is 3.24. The smallest absolute Gasteiger partial charge is 0.0966 e. The van der Waals surface area contributed by atoms with Crippen LogP contribution in [-0.4, -0.2) is 26.3 Å². The Kier molecular flexibility index (Phi) is 4.02. The number of anilines is 1. The number of rotatable bonds is 1. The van der Waals surface area contributed by atoms with Crippen LogP contribution in [0.3, 0.4) is 0 Å². The van der Waals surface area contributed by atoms with Gasteiger partial charge in [0.1, 0.15) is 0 Å². The van der Waals surface area contributed by atoms with E-state index in [0.29, 0.717) is 0 Å². The normalized spacial score (nSPS) is 14.6. The van der Waals surface area contributed by atoms with Crippen LogP contribution in [-0.2, 0) is 4.74 Å². The molecule has 0 atom stereocenters. The summed E-state index contributed by atoms with van der Waals surface area (Å²) in [5.41, 5.74) is 2.14. The van der Waals surface area contributed by atoms with Crippen LogP contribution in [0.2, 0.25) is 0 Å². The van der Waals surface area contributed by atoms with E-state index >= 15 is 0 Å². The van der Waals surface area contributed by atoms with Crippen molar-refractivity contribution in [2.45, 2.75) is 6.42 Å². The zero-order chi connectivity index (χ0) is 11.9. The molecule has 1 aliphatic heterocycles. The molecule has 3 heteroatoms. The van der Waals surface area contributed by atoms with Gasteiger partial charge in [0.2, 0.25) is 0 Å². The van der Waals surface area contributed by atoms with E-state index in [1.165, 1.54) is 5.69 Å². The Balaban J connectivity index is 2.11. The minimum atomic E-state index is 0.280. The second-order valence-corrected chi connectivity index (χ2v) is 3.79. The molecule has 0 unspecified atom stereocenters. The fraction of sp³-hybridized carbons (Fsp3) is 0.357. The molecular formula is C14H14N2O. The van der Waals surface area contributed by atoms with Crippen LogP contribution >= 0.6 is 0 Å². The summed E-state index contributed by atoms with van der Waals surface area (Å²) in [7, 11) is 0. The van der Waals surface area contributed by atoms with Crippen molar-refractivity contribution in [1.29, 1.82) is 5.26 Å². The predicted octanol–water partition coefficient (Wildman–Crippen LogP) is 1.79. The van der Waals surface area contributed by atoms with Crippen molar-refractivity contribution in [3.63, 3.8) is 0 Å². The van der Waals surface area contributed by atoms with Crippen molar-refractivity contribution in [2.75, 3.05) is 31.2 Å². The fourth-order valence-electron chi connectivity index (χ4n) is 1.79. The molecule has 0 spiro atoms. The first-order chi connectivity index (χ1) is 8.40. The van der Waals surface area contributed by atoms with Gasteiger partial charge in [-0.15, -0.1) is 0 Å². The molecule has 0 radical (unpaired) electrons. The Morgan fingerprint density at radius 2 is 2.12 bits per heavy atom. The molecule has 0 aromatic heterocycles. The monoisotopic (exact) mass is 226 g/mol. The first kappa shape index (κ1) is 11.5. The van der Waals surface area contributed by atoms with Gasteiger partial charge in [0.15, 0.2) is 0 Å². The third-order valence-corrected chi connectivity index (χ3v) is 2.62. The van der Waals surface area contributed by atoms with Gasteiger partial charge in [-0.2, -0.15) is 5.26 Å². The van der Waals surface area contributed by atoms with E-state index in [0.717, 1.165) is 31.9 Å². The van der Waals surface area contributed by atoms with E-state index < -0.39 is 0 Å². The first-order valence-corrected chi connectivity index (χ1v) is 5.69. The third-order valence-electron chi connectivity index (χ3n) is 2.62. The number of nitrogens with zero attached hydrogens (tertiary/aromatic N) is 2. The quantitative estimate of drug-likeness (QED) is 0.685. The van der Waals surface area contributed by atoms with Crippen LogP contribution < -0.4 is 4.90 Å². The maximum atomic E-state index is 8.43. The average Bonchev–Trinajstić information content (AvgIpc) is 2.41. The highest BCUT2D eigenvalue weighted by atomic mass is 16.5. The zero-order valence-corrected chi connectivity index (χ0v) is 9.65. The minimum absolute atomic E-state index is 0.280. The molecule has 0 N–H and O–H groups in total. The molecule has 86 valence electrons. The molecule has 1 aliphatic rings. The number of benzene rings is 1. The number of hydrogen-bond donors (Lipinski definition) is 0. The lowest BCUT2D eigenvalue weighted by molar-refractivity contribution is 0.122. The van der Waals surface area contributed by atoms with Gasteiger partial charge in [0.05, 0.1) is 25.7 Å². The van der Waals surface area contributed by atoms with Crippen LogP contribution in [0.1, 0.15) is 12.0 Å². The first-order valence-electron chi connectivity index (χ1n) is 5.69. The summed E-state index contributed by atoms with van der Waals surface area (Å²) < 4.78 is 5.33. The van der Waals surface area contributed by atoms with Crippen molar-refractivity contribution in [3.8, 4) is 17.9 Å². The molecule has 1 fully saturated rings. The summed E-state index contributed by atoms with van der Waals surface area (Å²) in [5, 5.41) is 8.43.